The van der Waals surface area contributed by atoms with E-state index < -0.39 is 0 Å². The van der Waals surface area contributed by atoms with Crippen LogP contribution in [0.25, 0.3) is 0 Å². The Balaban J connectivity index is 1.76. The highest BCUT2D eigenvalue weighted by molar-refractivity contribution is 6.09. The summed E-state index contributed by atoms with van der Waals surface area (Å²) in [5.74, 6) is 2.19. The highest BCUT2D eigenvalue weighted by atomic mass is 16.6. The molecule has 0 spiro atoms. The molecule has 1 aliphatic heterocycles. The number of benzene rings is 2. The number of carbonyl (C=O) groups is 1. The number of ether oxygens (including phenoxy) is 2. The second kappa shape index (κ2) is 4.74. The molecule has 0 atom stereocenters. The third-order valence-electron chi connectivity index (χ3n) is 2.86. The quantitative estimate of drug-likeness (QED) is 0.562. The Labute approximate surface area is 110 Å². The van der Waals surface area contributed by atoms with Crippen LogP contribution in [-0.2, 0) is 0 Å². The van der Waals surface area contributed by atoms with Crippen LogP contribution in [0.15, 0.2) is 42.5 Å². The van der Waals surface area contributed by atoms with Crippen molar-refractivity contribution < 1.29 is 19.4 Å². The molecule has 1 aliphatic rings. The summed E-state index contributed by atoms with van der Waals surface area (Å²) in [6.07, 6.45) is 0. The first kappa shape index (κ1) is 11.7. The Bertz CT molecular complexity index is 617. The Hall–Kier alpha value is -2.33. The fraction of sp³-hybridized carbons (Fsp3) is 0.133. The topological polar surface area (TPSA) is 59.1 Å². The number of fused-ring (bicyclic) bond motifs is 1. The SMILES string of the molecule is O=C(c1ccc(OCCO)cc1)c1ccc2c(c1)O2. The van der Waals surface area contributed by atoms with Crippen LogP contribution in [0, 0.1) is 0 Å². The van der Waals surface area contributed by atoms with Crippen LogP contribution >= 0.6 is 0 Å². The van der Waals surface area contributed by atoms with E-state index in [1.165, 1.54) is 0 Å². The molecule has 0 unspecified atom stereocenters. The zero-order valence-corrected chi connectivity index (χ0v) is 10.1. The van der Waals surface area contributed by atoms with E-state index in [-0.39, 0.29) is 19.0 Å². The molecule has 0 radical (unpaired) electrons. The van der Waals surface area contributed by atoms with E-state index in [4.69, 9.17) is 14.6 Å². The van der Waals surface area contributed by atoms with Crippen LogP contribution in [-0.4, -0.2) is 24.1 Å². The summed E-state index contributed by atoms with van der Waals surface area (Å²) in [6.45, 7) is 0.214. The molecule has 0 aliphatic carbocycles. The molecule has 19 heavy (non-hydrogen) atoms. The van der Waals surface area contributed by atoms with Crippen molar-refractivity contribution >= 4 is 5.78 Å². The standard InChI is InChI=1S/C15H12O4/c16-7-8-18-12-4-1-10(2-5-12)15(17)11-3-6-13-14(9-11)19-13/h1-6,9,16H,7-8H2. The number of hydrogen-bond acceptors (Lipinski definition) is 4. The molecular formula is C15H12O4. The summed E-state index contributed by atoms with van der Waals surface area (Å²) in [6, 6.07) is 12.1. The van der Waals surface area contributed by atoms with Gasteiger partial charge >= 0.3 is 0 Å². The Morgan fingerprint density at radius 1 is 1.05 bits per heavy atom. The lowest BCUT2D eigenvalue weighted by Crippen LogP contribution is -2.03. The zero-order valence-electron chi connectivity index (χ0n) is 10.1. The van der Waals surface area contributed by atoms with Gasteiger partial charge in [0.25, 0.3) is 0 Å². The van der Waals surface area contributed by atoms with Gasteiger partial charge in [-0.15, -0.1) is 0 Å². The van der Waals surface area contributed by atoms with Gasteiger partial charge in [0.15, 0.2) is 17.3 Å². The van der Waals surface area contributed by atoms with Gasteiger partial charge in [-0.1, -0.05) is 0 Å². The van der Waals surface area contributed by atoms with Gasteiger partial charge in [-0.3, -0.25) is 4.79 Å². The number of hydrogen-bond donors (Lipinski definition) is 1. The highest BCUT2D eigenvalue weighted by Crippen LogP contribution is 2.45. The number of rotatable bonds is 5. The smallest absolute Gasteiger partial charge is 0.193 e. The maximum atomic E-state index is 12.2. The lowest BCUT2D eigenvalue weighted by Gasteiger charge is -2.05. The predicted molar refractivity (Wildman–Crippen MR) is 69.0 cm³/mol. The number of carbonyl (C=O) groups excluding carboxylic acids is 1. The molecular weight excluding hydrogens is 244 g/mol. The van der Waals surface area contributed by atoms with E-state index in [1.54, 1.807) is 42.5 Å². The van der Waals surface area contributed by atoms with Crippen molar-refractivity contribution in [1.82, 2.24) is 0 Å². The summed E-state index contributed by atoms with van der Waals surface area (Å²) in [7, 11) is 0. The molecule has 0 bridgehead atoms. The maximum Gasteiger partial charge on any atom is 0.193 e. The third-order valence-corrected chi connectivity index (χ3v) is 2.86. The van der Waals surface area contributed by atoms with E-state index in [9.17, 15) is 4.79 Å². The normalized spacial score (nSPS) is 11.4. The molecule has 4 nitrogen and oxygen atoms in total. The van der Waals surface area contributed by atoms with Gasteiger partial charge in [0, 0.05) is 11.1 Å². The molecule has 2 aromatic carbocycles. The van der Waals surface area contributed by atoms with Crippen molar-refractivity contribution in [3.63, 3.8) is 0 Å². The van der Waals surface area contributed by atoms with Gasteiger partial charge in [0.2, 0.25) is 0 Å². The third kappa shape index (κ3) is 2.44. The van der Waals surface area contributed by atoms with Gasteiger partial charge in [0.1, 0.15) is 12.4 Å². The van der Waals surface area contributed by atoms with Crippen molar-refractivity contribution in [3.05, 3.63) is 53.6 Å². The maximum absolute atomic E-state index is 12.2. The minimum atomic E-state index is -0.0491. The van der Waals surface area contributed by atoms with E-state index in [1.807, 2.05) is 0 Å². The van der Waals surface area contributed by atoms with Crippen LogP contribution in [0.5, 0.6) is 17.2 Å². The molecule has 3 rings (SSSR count). The molecule has 0 aromatic heterocycles. The fourth-order valence-electron chi connectivity index (χ4n) is 1.84. The van der Waals surface area contributed by atoms with Crippen LogP contribution in [0.2, 0.25) is 0 Å². The number of aliphatic hydroxyl groups excluding tert-OH is 1. The molecule has 0 saturated carbocycles. The second-order valence-corrected chi connectivity index (χ2v) is 4.19. The average Bonchev–Trinajstić information content (AvgIpc) is 3.23. The number of aliphatic hydroxyl groups is 1. The summed E-state index contributed by atoms with van der Waals surface area (Å²) < 4.78 is 10.4. The molecule has 1 heterocycles. The van der Waals surface area contributed by atoms with Crippen LogP contribution in [0.4, 0.5) is 0 Å². The first-order valence-corrected chi connectivity index (χ1v) is 5.98. The molecule has 1 N–H and O–H groups in total. The van der Waals surface area contributed by atoms with Crippen molar-refractivity contribution in [2.24, 2.45) is 0 Å². The van der Waals surface area contributed by atoms with Crippen molar-refractivity contribution in [2.75, 3.05) is 13.2 Å². The molecule has 0 saturated heterocycles. The van der Waals surface area contributed by atoms with Crippen molar-refractivity contribution in [3.8, 4) is 17.2 Å². The predicted octanol–water partition coefficient (Wildman–Crippen LogP) is 2.39. The Morgan fingerprint density at radius 3 is 2.47 bits per heavy atom. The average molecular weight is 256 g/mol. The number of ketones is 1. The summed E-state index contributed by atoms with van der Waals surface area (Å²) in [5, 5.41) is 8.66. The first-order chi connectivity index (χ1) is 9.28. The summed E-state index contributed by atoms with van der Waals surface area (Å²) >= 11 is 0. The molecule has 2 aromatic rings. The molecule has 96 valence electrons. The highest BCUT2D eigenvalue weighted by Gasteiger charge is 2.21. The Kier molecular flexibility index (Phi) is 2.93. The van der Waals surface area contributed by atoms with E-state index in [2.05, 4.69) is 0 Å². The monoisotopic (exact) mass is 256 g/mol. The first-order valence-electron chi connectivity index (χ1n) is 5.98. The summed E-state index contributed by atoms with van der Waals surface area (Å²) in [4.78, 5) is 12.2. The molecule has 4 heteroatoms. The van der Waals surface area contributed by atoms with E-state index in [0.29, 0.717) is 16.9 Å². The molecule has 0 amide bonds. The zero-order chi connectivity index (χ0) is 13.2. The van der Waals surface area contributed by atoms with Crippen LogP contribution < -0.4 is 9.47 Å². The van der Waals surface area contributed by atoms with Gasteiger partial charge < -0.3 is 14.6 Å². The lowest BCUT2D eigenvalue weighted by molar-refractivity contribution is 0.103. The van der Waals surface area contributed by atoms with Gasteiger partial charge in [0.05, 0.1) is 6.61 Å². The van der Waals surface area contributed by atoms with Gasteiger partial charge in [-0.2, -0.15) is 0 Å². The van der Waals surface area contributed by atoms with Crippen LogP contribution in [0.1, 0.15) is 15.9 Å². The largest absolute Gasteiger partial charge is 0.491 e. The second-order valence-electron chi connectivity index (χ2n) is 4.19. The fourth-order valence-corrected chi connectivity index (χ4v) is 1.84. The minimum absolute atomic E-state index is 0.0319. The van der Waals surface area contributed by atoms with E-state index in [0.717, 1.165) is 11.5 Å². The summed E-state index contributed by atoms with van der Waals surface area (Å²) in [5.41, 5.74) is 1.21. The molecule has 0 fully saturated rings. The van der Waals surface area contributed by atoms with Crippen LogP contribution in [0.3, 0.4) is 0 Å². The Morgan fingerprint density at radius 2 is 1.79 bits per heavy atom. The van der Waals surface area contributed by atoms with Gasteiger partial charge in [-0.25, -0.2) is 0 Å². The van der Waals surface area contributed by atoms with Crippen molar-refractivity contribution in [1.29, 1.82) is 0 Å². The van der Waals surface area contributed by atoms with Crippen molar-refractivity contribution in [2.45, 2.75) is 0 Å². The van der Waals surface area contributed by atoms with E-state index >= 15 is 0 Å². The van der Waals surface area contributed by atoms with Gasteiger partial charge in [-0.05, 0) is 42.5 Å². The minimum Gasteiger partial charge on any atom is -0.491 e. The lowest BCUT2D eigenvalue weighted by atomic mass is 10.0.